The van der Waals surface area contributed by atoms with Gasteiger partial charge in [0, 0.05) is 68.7 Å². The number of hydrogen-bond acceptors (Lipinski definition) is 3. The molecule has 0 saturated carbocycles. The van der Waals surface area contributed by atoms with Gasteiger partial charge in [-0.3, -0.25) is 9.55 Å². The molecule has 0 spiro atoms. The molecule has 0 aliphatic rings. The van der Waals surface area contributed by atoms with Crippen LogP contribution in [-0.2, 0) is 31.9 Å². The van der Waals surface area contributed by atoms with Crippen molar-refractivity contribution in [3.05, 3.63) is 216 Å². The molecule has 74 heavy (non-hydrogen) atoms. The zero-order valence-corrected chi connectivity index (χ0v) is 43.3. The second-order valence-corrected chi connectivity index (χ2v) is 19.0. The molecule has 0 radical (unpaired) electrons. The smallest absolute Gasteiger partial charge is 0.148 e. The van der Waals surface area contributed by atoms with Gasteiger partial charge >= 0.3 is 0 Å². The molecule has 0 atom stereocenters. The van der Waals surface area contributed by atoms with E-state index >= 15 is 0 Å². The summed E-state index contributed by atoms with van der Waals surface area (Å²) in [6, 6.07) is 53.5. The fraction of sp³-hybridized carbons (Fsp3) is 0.217. The van der Waals surface area contributed by atoms with Crippen LogP contribution in [0.25, 0.3) is 95.0 Å². The van der Waals surface area contributed by atoms with Crippen molar-refractivity contribution in [3.8, 4) is 89.7 Å². The average molecular weight is 1170 g/mol. The van der Waals surface area contributed by atoms with Gasteiger partial charge in [-0.2, -0.15) is 0 Å². The monoisotopic (exact) mass is 1170 g/mol. The number of rotatable bonds is 10. The molecular formula is C69H66N3OPt-. The van der Waals surface area contributed by atoms with Crippen LogP contribution in [0.1, 0.15) is 139 Å². The van der Waals surface area contributed by atoms with E-state index in [1.165, 1.54) is 22.8 Å². The van der Waals surface area contributed by atoms with E-state index in [-0.39, 0.29) is 55.3 Å². The van der Waals surface area contributed by atoms with Crippen LogP contribution in [0.5, 0.6) is 5.75 Å². The zero-order valence-electron chi connectivity index (χ0n) is 63.0. The normalized spacial score (nSPS) is 17.6. The van der Waals surface area contributed by atoms with Crippen LogP contribution in [0.3, 0.4) is 0 Å². The molecule has 0 fully saturated rings. The van der Waals surface area contributed by atoms with Crippen LogP contribution in [0.15, 0.2) is 182 Å². The summed E-state index contributed by atoms with van der Waals surface area (Å²) in [7, 11) is 0. The number of nitrogens with zero attached hydrogens (tertiary/aromatic N) is 3. The van der Waals surface area contributed by atoms with E-state index in [2.05, 4.69) is 6.07 Å². The number of imidazole rings is 1. The fourth-order valence-corrected chi connectivity index (χ4v) is 9.29. The molecule has 10 rings (SSSR count). The Morgan fingerprint density at radius 3 is 1.82 bits per heavy atom. The van der Waals surface area contributed by atoms with E-state index in [0.717, 1.165) is 33.4 Å². The van der Waals surface area contributed by atoms with Crippen molar-refractivity contribution in [1.29, 1.82) is 0 Å². The van der Waals surface area contributed by atoms with Crippen LogP contribution in [0.2, 0.25) is 0 Å². The quantitative estimate of drug-likeness (QED) is 0.139. The predicted octanol–water partition coefficient (Wildman–Crippen LogP) is 18.7. The Morgan fingerprint density at radius 1 is 0.554 bits per heavy atom. The second kappa shape index (κ2) is 20.6. The molecule has 0 unspecified atom stereocenters. The molecule has 5 heteroatoms. The van der Waals surface area contributed by atoms with Crippen LogP contribution in [0, 0.1) is 12.9 Å². The minimum absolute atomic E-state index is 0. The van der Waals surface area contributed by atoms with Gasteiger partial charge in [0.05, 0.1) is 22.3 Å². The Morgan fingerprint density at radius 2 is 1.16 bits per heavy atom. The van der Waals surface area contributed by atoms with E-state index in [1.807, 2.05) is 129 Å². The van der Waals surface area contributed by atoms with Crippen molar-refractivity contribution in [2.75, 3.05) is 0 Å². The van der Waals surface area contributed by atoms with E-state index in [1.54, 1.807) is 50.4 Å². The van der Waals surface area contributed by atoms with Crippen LogP contribution >= 0.6 is 0 Å². The van der Waals surface area contributed by atoms with Crippen LogP contribution in [-0.4, -0.2) is 19.6 Å². The summed E-state index contributed by atoms with van der Waals surface area (Å²) in [5.41, 5.74) is -4.15. The first-order chi connectivity index (χ1) is 43.9. The molecular weight excluding hydrogens is 1080 g/mol. The molecule has 374 valence electrons. The Hall–Kier alpha value is -7.13. The zero-order chi connectivity index (χ0) is 69.8. The first kappa shape index (κ1) is 30.9. The second-order valence-electron chi connectivity index (χ2n) is 19.0. The van der Waals surface area contributed by atoms with E-state index in [9.17, 15) is 9.22 Å². The van der Waals surface area contributed by atoms with E-state index < -0.39 is 98.5 Å². The number of fused-ring (bicyclic) bond motifs is 1. The first-order valence-corrected chi connectivity index (χ1v) is 23.9. The third-order valence-corrected chi connectivity index (χ3v) is 13.3. The number of hydrogen-bond donors (Lipinski definition) is 1. The summed E-state index contributed by atoms with van der Waals surface area (Å²) < 4.78 is 197. The van der Waals surface area contributed by atoms with Crippen molar-refractivity contribution < 1.29 is 56.3 Å². The van der Waals surface area contributed by atoms with Gasteiger partial charge in [-0.15, -0.1) is 23.8 Å². The first-order valence-electron chi connectivity index (χ1n) is 34.9. The number of pyridine rings is 1. The number of aromatic nitrogens is 3. The maximum atomic E-state index is 13.2. The molecule has 8 aromatic carbocycles. The van der Waals surface area contributed by atoms with Crippen LogP contribution < -0.4 is 0 Å². The molecule has 0 amide bonds. The molecule has 1 N–H and O–H groups in total. The number of phenols is 1. The van der Waals surface area contributed by atoms with Gasteiger partial charge in [0.25, 0.3) is 0 Å². The minimum Gasteiger partial charge on any atom is -0.507 e. The molecule has 4 nitrogen and oxygen atoms in total. The Balaban J connectivity index is 0.0000108. The van der Waals surface area contributed by atoms with Crippen LogP contribution in [0.4, 0.5) is 0 Å². The molecule has 0 saturated heterocycles. The number of para-hydroxylation sites is 1. The topological polar surface area (TPSA) is 50.9 Å². The number of aromatic hydroxyl groups is 1. The summed E-state index contributed by atoms with van der Waals surface area (Å²) in [6.07, 6.45) is 1.66. The molecule has 2 aromatic heterocycles. The maximum absolute atomic E-state index is 13.2. The SMILES string of the molecule is [2H]C([2H])([2H])c1cc(-c2cc(C(C)C)cc(C([2H])(C)C)c2)ccc1-n1c(-c2cc(C(C([2H])([2H])[2H])(C([2H])([2H])[2H])C([2H])([2H])[2H])cc(C(C([2H])([2H])[2H])(C([2H])([2H])[2H])C([2H])([2H])[2H])c2O)nc2c(-c3[c-]c(-c4cc(-c5ccc(-c6ccccc6)cc5)ccn4)cc(-c4ccccc4)c3)cccc21.[Pt]. The largest absolute Gasteiger partial charge is 0.507 e. The number of phenolic OH excluding ortho intramolecular Hbond substituents is 1. The summed E-state index contributed by atoms with van der Waals surface area (Å²) >= 11 is 0. The number of aryl methyl sites for hydroxylation is 1. The van der Waals surface area contributed by atoms with Gasteiger partial charge in [-0.25, -0.2) is 4.98 Å². The third-order valence-electron chi connectivity index (χ3n) is 13.3. The maximum Gasteiger partial charge on any atom is 0.148 e. The van der Waals surface area contributed by atoms with Gasteiger partial charge in [0.2, 0.25) is 0 Å². The van der Waals surface area contributed by atoms with Crippen molar-refractivity contribution in [1.82, 2.24) is 14.5 Å². The minimum atomic E-state index is -4.27. The van der Waals surface area contributed by atoms with Crippen molar-refractivity contribution in [3.63, 3.8) is 0 Å². The van der Waals surface area contributed by atoms with Gasteiger partial charge in [0.1, 0.15) is 11.6 Å². The summed E-state index contributed by atoms with van der Waals surface area (Å²) in [4.78, 5) is 9.90. The summed E-state index contributed by atoms with van der Waals surface area (Å²) in [5, 5.41) is 13.2. The molecule has 0 bridgehead atoms. The predicted molar refractivity (Wildman–Crippen MR) is 308 cm³/mol. The van der Waals surface area contributed by atoms with Gasteiger partial charge in [-0.1, -0.05) is 219 Å². The standard InChI is InChI=1S/C69H66N3O.Pt/c1-43(2)52-34-53(44(3)4)36-55(35-52)50-29-30-63(45(5)33-50)72-64-24-18-23-59(65(64)71-67(72)60-41-58(68(6,7)8)42-61(66(60)73)69(9,10)11)56-37-54(47-21-16-13-17-22-47)38-57(39-56)62-40-51(31-32-70-62)49-27-25-48(26-28-49)46-19-14-12-15-20-46;/h12-38,40-44,73H,1-11H3;/q-1;/i5D3,6D3,7D3,8D3,9D3,10D3,11D3,43D;. The number of benzene rings is 8. The van der Waals surface area contributed by atoms with Gasteiger partial charge < -0.3 is 5.11 Å². The van der Waals surface area contributed by atoms with E-state index in [4.69, 9.17) is 36.0 Å². The van der Waals surface area contributed by atoms with Crippen molar-refractivity contribution in [2.24, 2.45) is 0 Å². The Kier molecular flexibility index (Phi) is 8.63. The average Bonchev–Trinajstić information content (AvgIpc) is 0.814. The summed E-state index contributed by atoms with van der Waals surface area (Å²) in [6.45, 7) is -20.9. The molecule has 0 aliphatic heterocycles. The van der Waals surface area contributed by atoms with Gasteiger partial charge in [-0.05, 0) is 121 Å². The molecule has 10 aromatic rings. The van der Waals surface area contributed by atoms with Crippen molar-refractivity contribution in [2.45, 2.75) is 98.3 Å². The van der Waals surface area contributed by atoms with Crippen molar-refractivity contribution >= 4 is 11.0 Å². The Bertz CT molecular complexity index is 4450. The third kappa shape index (κ3) is 10.4. The molecule has 2 heterocycles. The fourth-order valence-electron chi connectivity index (χ4n) is 9.29. The van der Waals surface area contributed by atoms with E-state index in [0.29, 0.717) is 45.1 Å². The summed E-state index contributed by atoms with van der Waals surface area (Å²) in [5.74, 6) is -3.38. The molecule has 0 aliphatic carbocycles. The Labute approximate surface area is 484 Å². The van der Waals surface area contributed by atoms with Gasteiger partial charge in [0.15, 0.2) is 0 Å².